The van der Waals surface area contributed by atoms with Crippen LogP contribution in [0.4, 0.5) is 4.79 Å². The lowest BCUT2D eigenvalue weighted by Gasteiger charge is -2.10. The minimum atomic E-state index is -0.524. The standard InChI is InChI=1S/C19H19N3O4/c1-4-26-18(24)13-5-7-15(8-6-13)22-11(2)9-14(12(22)3)10-16-17(23)21-19(25)20-16/h5-10H,4H2,1-3H3,(H2,20,21,23,25)/b16-10+. The summed E-state index contributed by atoms with van der Waals surface area (Å²) in [6.07, 6.45) is 1.64. The first-order valence-corrected chi connectivity index (χ1v) is 8.21. The van der Waals surface area contributed by atoms with Crippen LogP contribution in [0, 0.1) is 13.8 Å². The molecule has 1 fully saturated rings. The Labute approximate surface area is 150 Å². The van der Waals surface area contributed by atoms with E-state index in [1.54, 1.807) is 25.1 Å². The van der Waals surface area contributed by atoms with Crippen LogP contribution in [0.1, 0.15) is 34.2 Å². The van der Waals surface area contributed by atoms with E-state index in [2.05, 4.69) is 10.6 Å². The fourth-order valence-electron chi connectivity index (χ4n) is 2.93. The summed E-state index contributed by atoms with van der Waals surface area (Å²) in [6, 6.07) is 8.52. The highest BCUT2D eigenvalue weighted by Crippen LogP contribution is 2.23. The summed E-state index contributed by atoms with van der Waals surface area (Å²) < 4.78 is 7.00. The van der Waals surface area contributed by atoms with E-state index in [0.29, 0.717) is 12.2 Å². The average Bonchev–Trinajstić information content (AvgIpc) is 3.06. The van der Waals surface area contributed by atoms with Gasteiger partial charge in [0.05, 0.1) is 12.2 Å². The summed E-state index contributed by atoms with van der Waals surface area (Å²) in [4.78, 5) is 34.7. The molecule has 7 heteroatoms. The zero-order valence-corrected chi connectivity index (χ0v) is 14.8. The van der Waals surface area contributed by atoms with E-state index in [1.807, 2.05) is 36.6 Å². The molecule has 2 heterocycles. The Kier molecular flexibility index (Phi) is 4.62. The second kappa shape index (κ2) is 6.87. The van der Waals surface area contributed by atoms with Crippen LogP contribution in [-0.2, 0) is 9.53 Å². The minimum absolute atomic E-state index is 0.216. The maximum Gasteiger partial charge on any atom is 0.338 e. The van der Waals surface area contributed by atoms with Gasteiger partial charge in [-0.2, -0.15) is 0 Å². The first kappa shape index (κ1) is 17.5. The lowest BCUT2D eigenvalue weighted by molar-refractivity contribution is -0.115. The fraction of sp³-hybridized carbons (Fsp3) is 0.211. The average molecular weight is 353 g/mol. The third-order valence-electron chi connectivity index (χ3n) is 4.13. The van der Waals surface area contributed by atoms with Crippen LogP contribution in [0.5, 0.6) is 0 Å². The molecule has 1 aliphatic heterocycles. The number of rotatable bonds is 4. The Bertz CT molecular complexity index is 923. The Balaban J connectivity index is 1.93. The Morgan fingerprint density at radius 2 is 1.85 bits per heavy atom. The number of nitrogens with zero attached hydrogens (tertiary/aromatic N) is 1. The number of benzene rings is 1. The maximum absolute atomic E-state index is 11.8. The SMILES string of the molecule is CCOC(=O)c1ccc(-n2c(C)cc(/C=C3/NC(=O)NC3=O)c2C)cc1. The number of aromatic nitrogens is 1. The molecule has 134 valence electrons. The van der Waals surface area contributed by atoms with Crippen molar-refractivity contribution in [2.24, 2.45) is 0 Å². The molecule has 0 spiro atoms. The van der Waals surface area contributed by atoms with Gasteiger partial charge in [-0.05, 0) is 62.7 Å². The van der Waals surface area contributed by atoms with Crippen LogP contribution in [-0.4, -0.2) is 29.1 Å². The molecule has 26 heavy (non-hydrogen) atoms. The maximum atomic E-state index is 11.8. The highest BCUT2D eigenvalue weighted by Gasteiger charge is 2.23. The third kappa shape index (κ3) is 3.23. The van der Waals surface area contributed by atoms with Gasteiger partial charge >= 0.3 is 12.0 Å². The van der Waals surface area contributed by atoms with Gasteiger partial charge in [-0.1, -0.05) is 0 Å². The van der Waals surface area contributed by atoms with Gasteiger partial charge in [0.15, 0.2) is 0 Å². The summed E-state index contributed by atoms with van der Waals surface area (Å²) in [5, 5.41) is 4.66. The summed E-state index contributed by atoms with van der Waals surface area (Å²) in [5.74, 6) is -0.799. The van der Waals surface area contributed by atoms with E-state index in [-0.39, 0.29) is 11.7 Å². The van der Waals surface area contributed by atoms with E-state index in [4.69, 9.17) is 4.74 Å². The van der Waals surface area contributed by atoms with Crippen LogP contribution in [0.3, 0.4) is 0 Å². The van der Waals surface area contributed by atoms with Gasteiger partial charge in [-0.25, -0.2) is 9.59 Å². The lowest BCUT2D eigenvalue weighted by Crippen LogP contribution is -2.22. The number of carbonyl (C=O) groups excluding carboxylic acids is 3. The first-order chi connectivity index (χ1) is 12.4. The molecule has 0 bridgehead atoms. The van der Waals surface area contributed by atoms with E-state index < -0.39 is 11.9 Å². The predicted molar refractivity (Wildman–Crippen MR) is 95.9 cm³/mol. The number of hydrogen-bond acceptors (Lipinski definition) is 4. The zero-order chi connectivity index (χ0) is 18.8. The molecule has 2 aromatic rings. The normalized spacial score (nSPS) is 15.1. The van der Waals surface area contributed by atoms with Crippen molar-refractivity contribution in [3.63, 3.8) is 0 Å². The van der Waals surface area contributed by atoms with Crippen LogP contribution in [0.25, 0.3) is 11.8 Å². The second-order valence-corrected chi connectivity index (χ2v) is 5.90. The summed E-state index contributed by atoms with van der Waals surface area (Å²) >= 11 is 0. The molecule has 3 rings (SSSR count). The highest BCUT2D eigenvalue weighted by atomic mass is 16.5. The summed E-state index contributed by atoms with van der Waals surface area (Å²) in [5.41, 5.74) is 4.29. The van der Waals surface area contributed by atoms with Crippen molar-refractivity contribution >= 4 is 24.0 Å². The molecule has 1 aromatic heterocycles. The number of aryl methyl sites for hydroxylation is 1. The molecule has 2 N–H and O–H groups in total. The van der Waals surface area contributed by atoms with Gasteiger partial charge in [-0.15, -0.1) is 0 Å². The number of imide groups is 1. The largest absolute Gasteiger partial charge is 0.462 e. The van der Waals surface area contributed by atoms with Crippen molar-refractivity contribution < 1.29 is 19.1 Å². The van der Waals surface area contributed by atoms with E-state index in [0.717, 1.165) is 22.6 Å². The van der Waals surface area contributed by atoms with Gasteiger partial charge in [-0.3, -0.25) is 10.1 Å². The van der Waals surface area contributed by atoms with Crippen LogP contribution < -0.4 is 10.6 Å². The zero-order valence-electron chi connectivity index (χ0n) is 14.8. The number of carbonyl (C=O) groups is 3. The molecule has 0 atom stereocenters. The second-order valence-electron chi connectivity index (χ2n) is 5.90. The molecule has 0 unspecified atom stereocenters. The smallest absolute Gasteiger partial charge is 0.338 e. The van der Waals surface area contributed by atoms with Crippen molar-refractivity contribution in [2.75, 3.05) is 6.61 Å². The minimum Gasteiger partial charge on any atom is -0.462 e. The van der Waals surface area contributed by atoms with Crippen molar-refractivity contribution in [2.45, 2.75) is 20.8 Å². The number of ether oxygens (including phenoxy) is 1. The Morgan fingerprint density at radius 3 is 2.42 bits per heavy atom. The van der Waals surface area contributed by atoms with Crippen LogP contribution in [0.2, 0.25) is 0 Å². The molecule has 0 saturated carbocycles. The third-order valence-corrected chi connectivity index (χ3v) is 4.13. The van der Waals surface area contributed by atoms with Gasteiger partial charge < -0.3 is 14.6 Å². The fourth-order valence-corrected chi connectivity index (χ4v) is 2.93. The Hall–Kier alpha value is -3.35. The number of hydrogen-bond donors (Lipinski definition) is 2. The molecule has 0 aliphatic carbocycles. The number of nitrogens with one attached hydrogen (secondary N) is 2. The molecule has 1 aromatic carbocycles. The highest BCUT2D eigenvalue weighted by molar-refractivity contribution is 6.14. The van der Waals surface area contributed by atoms with Crippen molar-refractivity contribution in [1.29, 1.82) is 0 Å². The first-order valence-electron chi connectivity index (χ1n) is 8.21. The number of amides is 3. The van der Waals surface area contributed by atoms with Gasteiger partial charge in [0.1, 0.15) is 5.70 Å². The van der Waals surface area contributed by atoms with Crippen molar-refractivity contribution in [3.05, 3.63) is 58.5 Å². The van der Waals surface area contributed by atoms with E-state index in [1.165, 1.54) is 0 Å². The topological polar surface area (TPSA) is 89.4 Å². The van der Waals surface area contributed by atoms with E-state index in [9.17, 15) is 14.4 Å². The molecular formula is C19H19N3O4. The molecule has 3 amide bonds. The number of urea groups is 1. The van der Waals surface area contributed by atoms with Gasteiger partial charge in [0, 0.05) is 17.1 Å². The molecule has 1 aliphatic rings. The molecule has 1 saturated heterocycles. The summed E-state index contributed by atoms with van der Waals surface area (Å²) in [6.45, 7) is 5.97. The van der Waals surface area contributed by atoms with Crippen LogP contribution >= 0.6 is 0 Å². The lowest BCUT2D eigenvalue weighted by atomic mass is 10.2. The number of esters is 1. The van der Waals surface area contributed by atoms with Gasteiger partial charge in [0.25, 0.3) is 5.91 Å². The van der Waals surface area contributed by atoms with Gasteiger partial charge in [0.2, 0.25) is 0 Å². The van der Waals surface area contributed by atoms with Crippen molar-refractivity contribution in [1.82, 2.24) is 15.2 Å². The molecule has 0 radical (unpaired) electrons. The van der Waals surface area contributed by atoms with E-state index >= 15 is 0 Å². The van der Waals surface area contributed by atoms with Crippen LogP contribution in [0.15, 0.2) is 36.0 Å². The molecule has 7 nitrogen and oxygen atoms in total. The predicted octanol–water partition coefficient (Wildman–Crippen LogP) is 2.45. The summed E-state index contributed by atoms with van der Waals surface area (Å²) in [7, 11) is 0. The van der Waals surface area contributed by atoms with Crippen molar-refractivity contribution in [3.8, 4) is 5.69 Å². The quantitative estimate of drug-likeness (QED) is 0.502. The molecular weight excluding hydrogens is 334 g/mol. The Morgan fingerprint density at radius 1 is 1.15 bits per heavy atom. The monoisotopic (exact) mass is 353 g/mol.